The van der Waals surface area contributed by atoms with Gasteiger partial charge in [-0.2, -0.15) is 0 Å². The summed E-state index contributed by atoms with van der Waals surface area (Å²) < 4.78 is 10.9. The first-order valence-corrected chi connectivity index (χ1v) is 52.0. The highest BCUT2D eigenvalue weighted by Gasteiger charge is 2.46. The molecule has 0 bridgehead atoms. The lowest BCUT2D eigenvalue weighted by molar-refractivity contribution is -0.301. The maximum atomic E-state index is 15.1. The van der Waals surface area contributed by atoms with E-state index in [1.165, 1.54) is 0 Å². The van der Waals surface area contributed by atoms with Crippen molar-refractivity contribution in [2.75, 3.05) is 59.0 Å². The zero-order chi connectivity index (χ0) is 107. The van der Waals surface area contributed by atoms with Crippen molar-refractivity contribution in [3.05, 3.63) is 0 Å². The monoisotopic (exact) mass is 2010 g/mol. The second-order valence-corrected chi connectivity index (χ2v) is 38.2. The molecule has 1 aliphatic rings. The van der Waals surface area contributed by atoms with Gasteiger partial charge in [0, 0.05) is 6.42 Å². The number of carbonyl (C=O) groups excluding carboxylic acids is 16. The minimum Gasteiger partial charge on any atom is -0.394 e. The fraction of sp³-hybridized carbons (Fsp3) is 0.835. The van der Waals surface area contributed by atoms with Crippen molar-refractivity contribution in [3.63, 3.8) is 0 Å². The molecule has 33 N–H and O–H groups in total. The molecule has 1 heterocycles. The van der Waals surface area contributed by atoms with Crippen molar-refractivity contribution in [2.24, 2.45) is 81.6 Å². The summed E-state index contributed by atoms with van der Waals surface area (Å²) in [5.74, 6) is -16.3. The molecule has 0 aromatic heterocycles. The van der Waals surface area contributed by atoms with Crippen LogP contribution in [0.15, 0.2) is 0 Å². The van der Waals surface area contributed by atoms with E-state index in [1.54, 1.807) is 83.1 Å². The summed E-state index contributed by atoms with van der Waals surface area (Å²) in [6.45, 7) is 26.0. The van der Waals surface area contributed by atoms with E-state index in [4.69, 9.17) is 49.6 Å². The molecule has 0 spiro atoms. The predicted octanol–water partition coefficient (Wildman–Crippen LogP) is -1.35. The third-order valence-corrected chi connectivity index (χ3v) is 26.9. The van der Waals surface area contributed by atoms with Crippen LogP contribution in [0.5, 0.6) is 0 Å². The average molecular weight is 2010 g/mol. The summed E-state index contributed by atoms with van der Waals surface area (Å²) in [6, 6.07) is -18.8. The Morgan fingerprint density at radius 2 is 0.518 bits per heavy atom. The fourth-order valence-corrected chi connectivity index (χ4v) is 15.8. The highest BCUT2D eigenvalue weighted by Crippen LogP contribution is 2.25. The number of primary amides is 1. The van der Waals surface area contributed by atoms with Gasteiger partial charge in [-0.15, -0.1) is 0 Å². The molecule has 0 radical (unpaired) electrons. The van der Waals surface area contributed by atoms with Crippen LogP contribution in [-0.4, -0.2) is 289 Å². The Labute approximate surface area is 835 Å². The molecule has 1 aliphatic heterocycles. The van der Waals surface area contributed by atoms with E-state index in [2.05, 4.69) is 86.7 Å². The van der Waals surface area contributed by atoms with E-state index >= 15 is 24.0 Å². The molecule has 44 nitrogen and oxygen atoms in total. The van der Waals surface area contributed by atoms with Crippen molar-refractivity contribution in [3.8, 4) is 0 Å². The van der Waals surface area contributed by atoms with Gasteiger partial charge in [-0.3, -0.25) is 76.7 Å². The van der Waals surface area contributed by atoms with Crippen LogP contribution in [0.2, 0.25) is 0 Å². The number of unbranched alkanes of at least 4 members (excludes halogenated alkanes) is 10. The van der Waals surface area contributed by atoms with Crippen LogP contribution in [-0.2, 0) is 86.2 Å². The minimum atomic E-state index is -1.86. The number of rotatable bonds is 78. The van der Waals surface area contributed by atoms with Crippen molar-refractivity contribution < 1.29 is 107 Å². The van der Waals surface area contributed by atoms with Crippen LogP contribution in [0, 0.1) is 41.4 Å². The molecule has 1 saturated heterocycles. The van der Waals surface area contributed by atoms with Crippen LogP contribution in [0.1, 0.15) is 303 Å². The number of nitrogens with two attached hydrogens (primary N) is 7. The number of hydrogen-bond acceptors (Lipinski definition) is 28. The third kappa shape index (κ3) is 47.6. The van der Waals surface area contributed by atoms with Gasteiger partial charge in [0.05, 0.1) is 19.8 Å². The highest BCUT2D eigenvalue weighted by molar-refractivity contribution is 6.01. The van der Waals surface area contributed by atoms with Crippen LogP contribution in [0.25, 0.3) is 0 Å². The fourth-order valence-electron chi connectivity index (χ4n) is 15.8. The van der Waals surface area contributed by atoms with E-state index in [0.29, 0.717) is 128 Å². The van der Waals surface area contributed by atoms with Crippen molar-refractivity contribution in [1.29, 1.82) is 0 Å². The largest absolute Gasteiger partial charge is 0.394 e. The van der Waals surface area contributed by atoms with E-state index in [1.807, 2.05) is 13.8 Å². The predicted molar refractivity (Wildman–Crippen MR) is 536 cm³/mol. The molecule has 0 saturated carbocycles. The second kappa shape index (κ2) is 73.2. The summed E-state index contributed by atoms with van der Waals surface area (Å²) in [6.07, 6.45) is 3.21. The van der Waals surface area contributed by atoms with Gasteiger partial charge in [-0.1, -0.05) is 174 Å². The number of amides is 16. The Balaban J connectivity index is 3.80. The summed E-state index contributed by atoms with van der Waals surface area (Å²) in [5, 5.41) is 82.5. The van der Waals surface area contributed by atoms with Crippen molar-refractivity contribution in [1.82, 2.24) is 79.8 Å². The van der Waals surface area contributed by atoms with Crippen molar-refractivity contribution >= 4 is 94.5 Å². The Kier molecular flexibility index (Phi) is 67.5. The quantitative estimate of drug-likeness (QED) is 0.0313. The molecular weight excluding hydrogens is 1830 g/mol. The molecule has 0 aliphatic carbocycles. The minimum absolute atomic E-state index is 0.00940. The zero-order valence-corrected chi connectivity index (χ0v) is 87.0. The number of aliphatic hydroxyl groups is 4. The van der Waals surface area contributed by atoms with E-state index < -0.39 is 259 Å². The maximum absolute atomic E-state index is 15.1. The standard InChI is InChI=1S/C97H184N22O22/c1-16-24-25-26-27-46-71(121)105-53-72(122)113-73(56(9)17-2)94(137)117-75(58(11)19-4)90(133)109-63(40-28-34-47-98)85(128)107-67(44-32-38-51-102)88(131)115-78(61(14)22-7)96(139)119-77(60(13)21-6)92(135)111-65(42-30-36-49-100)86(129)108-68(45-33-39-52-103)89(132)116-79(62(15)23-8)95(138)118-76(59(12)20-5)91(134)110-64(41-29-35-48-99)84(127)106-66(43-31-37-50-101)87(130)114-74(57(10)18-3)93(136)112-69(83(104)126)55-140-97-82(125)81(124)80(123)70(54-120)141-97/h56-70,73-82,97,120,123-125H,16-55,98-103H2,1-15H3,(H2,104,126)(H,105,121)(H,106,127)(H,107,128)(H,108,129)(H,109,133)(H,110,134)(H,111,135)(H,112,136)(H,113,122)(H,114,130)(H,115,131)(H,116,132)(H,117,137)(H,118,138)(H,119,139)/t56-,57-,58-,59-,60-,61-,62-,63-,64-,65-,66-,67-,68-,69-,70+,73-,74-,75-,76-,77-,78-,79-,80-,81-,82+,97+/m0/s1. The molecule has 141 heavy (non-hydrogen) atoms. The first-order chi connectivity index (χ1) is 67.0. The average Bonchev–Trinajstić information content (AvgIpc) is 0.823. The molecule has 44 heteroatoms. The van der Waals surface area contributed by atoms with Gasteiger partial charge in [0.2, 0.25) is 94.5 Å². The van der Waals surface area contributed by atoms with E-state index in [0.717, 1.165) is 25.7 Å². The summed E-state index contributed by atoms with van der Waals surface area (Å²) in [5.41, 5.74) is 41.3. The van der Waals surface area contributed by atoms with Gasteiger partial charge >= 0.3 is 0 Å². The summed E-state index contributed by atoms with van der Waals surface area (Å²) in [7, 11) is 0. The van der Waals surface area contributed by atoms with Gasteiger partial charge in [0.15, 0.2) is 6.29 Å². The zero-order valence-electron chi connectivity index (χ0n) is 87.0. The lowest BCUT2D eigenvalue weighted by atomic mass is 9.94. The SMILES string of the molecule is CCCCCCCC(=O)NCC(=O)N[C@H](C(=O)N[C@H](C(=O)N[C@@H](CCCCN)C(=O)N[C@@H](CCCCN)C(=O)N[C@H](C(=O)N[C@H](C(=O)N[C@@H](CCCCN)C(=O)N[C@@H](CCCCN)C(=O)N[C@H](C(=O)N[C@H](C(=O)N[C@@H](CCCCN)C(=O)N[C@@H](CCCCN)C(=O)N[C@H](C(=O)N[C@@H](CO[C@@H]1O[C@H](CO)[C@H](O)[C@H](O)[C@H]1O)C(N)=O)[C@@H](C)CC)[C@@H](C)CC)[C@@H](C)CC)[C@@H](C)CC)[C@@H](C)CC)[C@@H](C)CC)[C@@H](C)CC. The Morgan fingerprint density at radius 3 is 0.766 bits per heavy atom. The second-order valence-electron chi connectivity index (χ2n) is 38.2. The Bertz CT molecular complexity index is 3720. The molecule has 0 aromatic carbocycles. The van der Waals surface area contributed by atoms with Gasteiger partial charge in [-0.05, 0) is 203 Å². The molecule has 1 rings (SSSR count). The maximum Gasteiger partial charge on any atom is 0.243 e. The first-order valence-electron chi connectivity index (χ1n) is 52.0. The number of aliphatic hydroxyl groups excluding tert-OH is 4. The van der Waals surface area contributed by atoms with Gasteiger partial charge in [-0.25, -0.2) is 0 Å². The molecule has 16 amide bonds. The number of ether oxygens (including phenoxy) is 2. The van der Waals surface area contributed by atoms with Crippen molar-refractivity contribution in [2.45, 2.75) is 418 Å². The molecule has 0 unspecified atom stereocenters. The summed E-state index contributed by atoms with van der Waals surface area (Å²) >= 11 is 0. The Morgan fingerprint density at radius 1 is 0.284 bits per heavy atom. The van der Waals surface area contributed by atoms with Crippen LogP contribution in [0.3, 0.4) is 0 Å². The molecule has 26 atom stereocenters. The Hall–Kier alpha value is -8.96. The normalized spacial score (nSPS) is 19.2. The number of hydrogen-bond donors (Lipinski definition) is 26. The number of nitrogens with one attached hydrogen (secondary N) is 15. The van der Waals surface area contributed by atoms with Gasteiger partial charge in [0.1, 0.15) is 109 Å². The molecule has 0 aromatic rings. The third-order valence-electron chi connectivity index (χ3n) is 26.9. The molecule has 1 fully saturated rings. The van der Waals surface area contributed by atoms with Crippen LogP contribution < -0.4 is 120 Å². The van der Waals surface area contributed by atoms with E-state index in [9.17, 15) is 73.2 Å². The molecular formula is C97H184N22O22. The highest BCUT2D eigenvalue weighted by atomic mass is 16.7. The lowest BCUT2D eigenvalue weighted by Gasteiger charge is -2.39. The lowest BCUT2D eigenvalue weighted by Crippen LogP contribution is -2.63. The van der Waals surface area contributed by atoms with Gasteiger partial charge < -0.3 is 150 Å². The number of carbonyl (C=O) groups is 16. The van der Waals surface area contributed by atoms with Crippen LogP contribution >= 0.6 is 0 Å². The topological polar surface area (TPSA) is 735 Å². The van der Waals surface area contributed by atoms with Gasteiger partial charge in [0.25, 0.3) is 0 Å². The van der Waals surface area contributed by atoms with E-state index in [-0.39, 0.29) is 96.7 Å². The van der Waals surface area contributed by atoms with Crippen LogP contribution in [0.4, 0.5) is 0 Å². The smallest absolute Gasteiger partial charge is 0.243 e. The summed E-state index contributed by atoms with van der Waals surface area (Å²) in [4.78, 5) is 231. The molecule has 814 valence electrons. The first kappa shape index (κ1) is 130.